The van der Waals surface area contributed by atoms with Gasteiger partial charge >= 0.3 is 0 Å². The normalized spacial score (nSPS) is 9.88. The molecule has 0 unspecified atom stereocenters. The van der Waals surface area contributed by atoms with E-state index in [0.29, 0.717) is 5.88 Å². The molecule has 0 aliphatic carbocycles. The molecule has 0 fully saturated rings. The first kappa shape index (κ1) is 10.9. The highest BCUT2D eigenvalue weighted by Gasteiger charge is 2.03. The van der Waals surface area contributed by atoms with E-state index < -0.39 is 0 Å². The van der Waals surface area contributed by atoms with Crippen molar-refractivity contribution in [2.24, 2.45) is 0 Å². The van der Waals surface area contributed by atoms with Gasteiger partial charge in [-0.15, -0.1) is 0 Å². The highest BCUT2D eigenvalue weighted by Crippen LogP contribution is 2.26. The third-order valence-corrected chi connectivity index (χ3v) is 2.54. The van der Waals surface area contributed by atoms with E-state index in [2.05, 4.69) is 31.2 Å². The maximum absolute atomic E-state index is 5.58. The van der Waals surface area contributed by atoms with Crippen LogP contribution in [0.3, 0.4) is 0 Å². The van der Waals surface area contributed by atoms with Crippen LogP contribution in [-0.4, -0.2) is 17.0 Å². The van der Waals surface area contributed by atoms with E-state index >= 15 is 0 Å². The molecule has 0 spiro atoms. The van der Waals surface area contributed by atoms with E-state index in [1.54, 1.807) is 6.20 Å². The van der Waals surface area contributed by atoms with Gasteiger partial charge in [-0.2, -0.15) is 0 Å². The zero-order valence-electron chi connectivity index (χ0n) is 8.64. The Labute approximate surface area is 102 Å². The Morgan fingerprint density at radius 2 is 2.00 bits per heavy atom. The molecule has 0 saturated heterocycles. The topological polar surface area (TPSA) is 47.0 Å². The van der Waals surface area contributed by atoms with Crippen molar-refractivity contribution in [3.05, 3.63) is 41.3 Å². The van der Waals surface area contributed by atoms with Crippen LogP contribution >= 0.6 is 15.9 Å². The van der Waals surface area contributed by atoms with Crippen LogP contribution in [-0.2, 0) is 0 Å². The monoisotopic (exact) mass is 279 g/mol. The van der Waals surface area contributed by atoms with Gasteiger partial charge in [0, 0.05) is 18.9 Å². The molecule has 1 heterocycles. The molecule has 5 heteroatoms. The van der Waals surface area contributed by atoms with E-state index in [-0.39, 0.29) is 0 Å². The standard InChI is InChI=1S/C11H10BrN3O/c1-13-8-2-4-9(5-3-8)16-11-10(12)6-14-7-15-11/h2-7,13H,1H3. The summed E-state index contributed by atoms with van der Waals surface area (Å²) in [5.41, 5.74) is 1.04. The van der Waals surface area contributed by atoms with Crippen LogP contribution < -0.4 is 10.1 Å². The van der Waals surface area contributed by atoms with Gasteiger partial charge in [0.05, 0.1) is 4.47 Å². The summed E-state index contributed by atoms with van der Waals surface area (Å²) < 4.78 is 6.31. The maximum Gasteiger partial charge on any atom is 0.236 e. The Bertz CT molecular complexity index is 473. The predicted octanol–water partition coefficient (Wildman–Crippen LogP) is 3.07. The minimum absolute atomic E-state index is 0.507. The van der Waals surface area contributed by atoms with Crippen LogP contribution in [0.4, 0.5) is 5.69 Å². The fourth-order valence-corrected chi connectivity index (χ4v) is 1.48. The van der Waals surface area contributed by atoms with E-state index in [9.17, 15) is 0 Å². The van der Waals surface area contributed by atoms with Crippen molar-refractivity contribution in [3.63, 3.8) is 0 Å². The SMILES string of the molecule is CNc1ccc(Oc2ncncc2Br)cc1. The van der Waals surface area contributed by atoms with Crippen molar-refractivity contribution in [2.75, 3.05) is 12.4 Å². The quantitative estimate of drug-likeness (QED) is 0.938. The molecule has 2 rings (SSSR count). The molecule has 16 heavy (non-hydrogen) atoms. The van der Waals surface area contributed by atoms with Crippen LogP contribution in [0, 0.1) is 0 Å². The number of nitrogens with zero attached hydrogens (tertiary/aromatic N) is 2. The zero-order chi connectivity index (χ0) is 11.4. The van der Waals surface area contributed by atoms with Crippen molar-refractivity contribution in [1.82, 2.24) is 9.97 Å². The van der Waals surface area contributed by atoms with E-state index in [1.165, 1.54) is 6.33 Å². The van der Waals surface area contributed by atoms with E-state index in [1.807, 2.05) is 31.3 Å². The number of nitrogens with one attached hydrogen (secondary N) is 1. The predicted molar refractivity (Wildman–Crippen MR) is 65.8 cm³/mol. The molecule has 0 saturated carbocycles. The molecule has 4 nitrogen and oxygen atoms in total. The molecule has 82 valence electrons. The van der Waals surface area contributed by atoms with Gasteiger partial charge in [0.1, 0.15) is 12.1 Å². The molecule has 2 aromatic rings. The smallest absolute Gasteiger partial charge is 0.236 e. The second-order valence-electron chi connectivity index (χ2n) is 3.05. The molecule has 0 atom stereocenters. The first-order chi connectivity index (χ1) is 7.79. The Kier molecular flexibility index (Phi) is 3.36. The molecular weight excluding hydrogens is 270 g/mol. The number of aromatic nitrogens is 2. The Morgan fingerprint density at radius 1 is 1.25 bits per heavy atom. The molecule has 0 aliphatic heterocycles. The van der Waals surface area contributed by atoms with Gasteiger partial charge in [-0.1, -0.05) is 0 Å². The Hall–Kier alpha value is -1.62. The second-order valence-corrected chi connectivity index (χ2v) is 3.91. The van der Waals surface area contributed by atoms with Crippen molar-refractivity contribution in [2.45, 2.75) is 0 Å². The molecule has 1 aromatic heterocycles. The largest absolute Gasteiger partial charge is 0.438 e. The lowest BCUT2D eigenvalue weighted by molar-refractivity contribution is 0.458. The van der Waals surface area contributed by atoms with Gasteiger partial charge in [0.2, 0.25) is 5.88 Å². The summed E-state index contributed by atoms with van der Waals surface area (Å²) in [5, 5.41) is 3.04. The summed E-state index contributed by atoms with van der Waals surface area (Å²) >= 11 is 3.32. The fourth-order valence-electron chi connectivity index (χ4n) is 1.18. The summed E-state index contributed by atoms with van der Waals surface area (Å²) in [6.45, 7) is 0. The second kappa shape index (κ2) is 4.94. The van der Waals surface area contributed by atoms with Crippen LogP contribution in [0.1, 0.15) is 0 Å². The lowest BCUT2D eigenvalue weighted by Crippen LogP contribution is -1.91. The van der Waals surface area contributed by atoms with Crippen LogP contribution in [0.5, 0.6) is 11.6 Å². The van der Waals surface area contributed by atoms with Crippen LogP contribution in [0.2, 0.25) is 0 Å². The zero-order valence-corrected chi connectivity index (χ0v) is 10.2. The first-order valence-corrected chi connectivity index (χ1v) is 5.50. The first-order valence-electron chi connectivity index (χ1n) is 4.71. The average Bonchev–Trinajstić information content (AvgIpc) is 2.33. The third-order valence-electron chi connectivity index (χ3n) is 1.99. The Morgan fingerprint density at radius 3 is 2.62 bits per heavy atom. The number of anilines is 1. The fraction of sp³-hybridized carbons (Fsp3) is 0.0909. The Balaban J connectivity index is 2.18. The summed E-state index contributed by atoms with van der Waals surface area (Å²) in [4.78, 5) is 7.89. The highest BCUT2D eigenvalue weighted by atomic mass is 79.9. The number of rotatable bonds is 3. The van der Waals surface area contributed by atoms with Gasteiger partial charge in [-0.3, -0.25) is 0 Å². The highest BCUT2D eigenvalue weighted by molar-refractivity contribution is 9.10. The summed E-state index contributed by atoms with van der Waals surface area (Å²) in [6, 6.07) is 7.62. The molecule has 0 bridgehead atoms. The van der Waals surface area contributed by atoms with Gasteiger partial charge in [-0.25, -0.2) is 9.97 Å². The number of hydrogen-bond acceptors (Lipinski definition) is 4. The minimum Gasteiger partial charge on any atom is -0.438 e. The minimum atomic E-state index is 0.507. The average molecular weight is 280 g/mol. The third kappa shape index (κ3) is 2.49. The summed E-state index contributed by atoms with van der Waals surface area (Å²) in [6.07, 6.45) is 3.09. The van der Waals surface area contributed by atoms with Gasteiger partial charge < -0.3 is 10.1 Å². The number of ether oxygens (including phenoxy) is 1. The molecule has 0 amide bonds. The van der Waals surface area contributed by atoms with E-state index in [4.69, 9.17) is 4.74 Å². The number of halogens is 1. The lowest BCUT2D eigenvalue weighted by Gasteiger charge is -2.06. The van der Waals surface area contributed by atoms with Crippen molar-refractivity contribution >= 4 is 21.6 Å². The molecule has 1 aromatic carbocycles. The lowest BCUT2D eigenvalue weighted by atomic mass is 10.3. The van der Waals surface area contributed by atoms with Crippen LogP contribution in [0.25, 0.3) is 0 Å². The van der Waals surface area contributed by atoms with Crippen molar-refractivity contribution in [3.8, 4) is 11.6 Å². The molecular formula is C11H10BrN3O. The van der Waals surface area contributed by atoms with E-state index in [0.717, 1.165) is 15.9 Å². The molecule has 0 radical (unpaired) electrons. The van der Waals surface area contributed by atoms with Gasteiger partial charge in [0.15, 0.2) is 0 Å². The number of hydrogen-bond donors (Lipinski definition) is 1. The van der Waals surface area contributed by atoms with Crippen molar-refractivity contribution < 1.29 is 4.74 Å². The van der Waals surface area contributed by atoms with Gasteiger partial charge in [0.25, 0.3) is 0 Å². The maximum atomic E-state index is 5.58. The van der Waals surface area contributed by atoms with Crippen LogP contribution in [0.15, 0.2) is 41.3 Å². The summed E-state index contributed by atoms with van der Waals surface area (Å²) in [7, 11) is 1.87. The summed E-state index contributed by atoms with van der Waals surface area (Å²) in [5.74, 6) is 1.24. The molecule has 1 N–H and O–H groups in total. The molecule has 0 aliphatic rings. The van der Waals surface area contributed by atoms with Gasteiger partial charge in [-0.05, 0) is 40.2 Å². The van der Waals surface area contributed by atoms with Crippen molar-refractivity contribution in [1.29, 1.82) is 0 Å². The number of benzene rings is 1.